The van der Waals surface area contributed by atoms with Crippen LogP contribution in [0.25, 0.3) is 10.9 Å². The predicted molar refractivity (Wildman–Crippen MR) is 80.2 cm³/mol. The molecule has 0 spiro atoms. The van der Waals surface area contributed by atoms with Gasteiger partial charge >= 0.3 is 0 Å². The van der Waals surface area contributed by atoms with Gasteiger partial charge in [-0.2, -0.15) is 0 Å². The molecule has 3 aromatic rings. The van der Waals surface area contributed by atoms with Crippen molar-refractivity contribution in [3.8, 4) is 5.88 Å². The third kappa shape index (κ3) is 2.40. The van der Waals surface area contributed by atoms with Crippen LogP contribution in [0.5, 0.6) is 5.88 Å². The van der Waals surface area contributed by atoms with E-state index in [1.807, 2.05) is 49.4 Å². The van der Waals surface area contributed by atoms with E-state index >= 15 is 0 Å². The molecule has 4 nitrogen and oxygen atoms in total. The molecule has 0 aliphatic carbocycles. The van der Waals surface area contributed by atoms with E-state index < -0.39 is 0 Å². The van der Waals surface area contributed by atoms with Gasteiger partial charge in [0.2, 0.25) is 0 Å². The van der Waals surface area contributed by atoms with E-state index in [1.165, 1.54) is 0 Å². The van der Waals surface area contributed by atoms with E-state index in [0.717, 1.165) is 22.3 Å². The van der Waals surface area contributed by atoms with Crippen LogP contribution in [0.15, 0.2) is 47.5 Å². The van der Waals surface area contributed by atoms with Crippen LogP contribution in [0.1, 0.15) is 17.0 Å². The van der Waals surface area contributed by atoms with Crippen molar-refractivity contribution in [2.75, 3.05) is 0 Å². The molecule has 2 heterocycles. The molecule has 20 heavy (non-hydrogen) atoms. The van der Waals surface area contributed by atoms with Crippen molar-refractivity contribution in [2.45, 2.75) is 13.5 Å². The Morgan fingerprint density at radius 3 is 2.90 bits per heavy atom. The molecule has 4 heteroatoms. The Kier molecular flexibility index (Phi) is 3.21. The van der Waals surface area contributed by atoms with E-state index in [0.29, 0.717) is 12.1 Å². The minimum atomic E-state index is 0.146. The SMILES string of the molecule is Cc1cccc(CN=Cc2c(O)[nH]c3ccccc23)n1. The third-order valence-corrected chi connectivity index (χ3v) is 3.15. The van der Waals surface area contributed by atoms with Crippen molar-refractivity contribution < 1.29 is 5.11 Å². The van der Waals surface area contributed by atoms with Crippen molar-refractivity contribution in [1.82, 2.24) is 9.97 Å². The summed E-state index contributed by atoms with van der Waals surface area (Å²) in [5.41, 5.74) is 3.52. The topological polar surface area (TPSA) is 61.3 Å². The summed E-state index contributed by atoms with van der Waals surface area (Å²) in [5.74, 6) is 0.146. The molecule has 1 aromatic carbocycles. The number of fused-ring (bicyclic) bond motifs is 1. The molecule has 0 saturated heterocycles. The lowest BCUT2D eigenvalue weighted by Gasteiger charge is -1.97. The first-order chi connectivity index (χ1) is 9.74. The second kappa shape index (κ2) is 5.17. The average Bonchev–Trinajstić information content (AvgIpc) is 2.75. The first-order valence-electron chi connectivity index (χ1n) is 6.46. The number of pyridine rings is 1. The number of aromatic hydroxyl groups is 1. The maximum Gasteiger partial charge on any atom is 0.198 e. The number of H-pyrrole nitrogens is 1. The summed E-state index contributed by atoms with van der Waals surface area (Å²) in [6.07, 6.45) is 1.69. The average molecular weight is 265 g/mol. The fourth-order valence-corrected chi connectivity index (χ4v) is 2.20. The Labute approximate surface area is 116 Å². The number of aromatic amines is 1. The first-order valence-corrected chi connectivity index (χ1v) is 6.46. The first kappa shape index (κ1) is 12.4. The zero-order valence-corrected chi connectivity index (χ0v) is 11.2. The van der Waals surface area contributed by atoms with Crippen molar-refractivity contribution in [3.05, 3.63) is 59.4 Å². The molecule has 0 saturated carbocycles. The second-order valence-electron chi connectivity index (χ2n) is 4.67. The zero-order chi connectivity index (χ0) is 13.9. The molecule has 0 fully saturated rings. The summed E-state index contributed by atoms with van der Waals surface area (Å²) in [4.78, 5) is 11.7. The summed E-state index contributed by atoms with van der Waals surface area (Å²) < 4.78 is 0. The van der Waals surface area contributed by atoms with Gasteiger partial charge in [-0.1, -0.05) is 24.3 Å². The van der Waals surface area contributed by atoms with Gasteiger partial charge in [-0.15, -0.1) is 0 Å². The number of aliphatic imine (C=N–C) groups is 1. The molecule has 0 aliphatic heterocycles. The summed E-state index contributed by atoms with van der Waals surface area (Å²) in [6, 6.07) is 13.6. The maximum absolute atomic E-state index is 9.91. The number of benzene rings is 1. The quantitative estimate of drug-likeness (QED) is 0.714. The molecule has 100 valence electrons. The molecule has 2 aromatic heterocycles. The number of rotatable bonds is 3. The van der Waals surface area contributed by atoms with Gasteiger partial charge in [0.15, 0.2) is 5.88 Å². The van der Waals surface area contributed by atoms with Gasteiger partial charge in [-0.25, -0.2) is 0 Å². The van der Waals surface area contributed by atoms with Crippen molar-refractivity contribution in [3.63, 3.8) is 0 Å². The summed E-state index contributed by atoms with van der Waals surface area (Å²) in [5, 5.41) is 10.9. The Hall–Kier alpha value is -2.62. The normalized spacial score (nSPS) is 11.4. The van der Waals surface area contributed by atoms with E-state index in [4.69, 9.17) is 0 Å². The monoisotopic (exact) mass is 265 g/mol. The lowest BCUT2D eigenvalue weighted by molar-refractivity contribution is 0.457. The molecule has 0 amide bonds. The van der Waals surface area contributed by atoms with Crippen molar-refractivity contribution in [2.24, 2.45) is 4.99 Å². The van der Waals surface area contributed by atoms with Crippen LogP contribution >= 0.6 is 0 Å². The summed E-state index contributed by atoms with van der Waals surface area (Å²) >= 11 is 0. The van der Waals surface area contributed by atoms with E-state index in [9.17, 15) is 5.11 Å². The Morgan fingerprint density at radius 1 is 1.20 bits per heavy atom. The smallest absolute Gasteiger partial charge is 0.198 e. The van der Waals surface area contributed by atoms with Gasteiger partial charge in [0.05, 0.1) is 17.8 Å². The summed E-state index contributed by atoms with van der Waals surface area (Å²) in [7, 11) is 0. The van der Waals surface area contributed by atoms with Crippen molar-refractivity contribution >= 4 is 17.1 Å². The largest absolute Gasteiger partial charge is 0.494 e. The number of aryl methyl sites for hydroxylation is 1. The van der Waals surface area contributed by atoms with Crippen LogP contribution in [0, 0.1) is 6.92 Å². The number of hydrogen-bond donors (Lipinski definition) is 2. The number of para-hydroxylation sites is 1. The van der Waals surface area contributed by atoms with Crippen LogP contribution in [0.4, 0.5) is 0 Å². The highest BCUT2D eigenvalue weighted by molar-refractivity contribution is 6.01. The molecule has 0 bridgehead atoms. The fraction of sp³-hybridized carbons (Fsp3) is 0.125. The lowest BCUT2D eigenvalue weighted by atomic mass is 10.2. The standard InChI is InChI=1S/C16H15N3O/c1-11-5-4-6-12(18-11)9-17-10-14-13-7-2-3-8-15(13)19-16(14)20/h2-8,10,19-20H,9H2,1H3. The van der Waals surface area contributed by atoms with Gasteiger partial charge in [-0.05, 0) is 25.1 Å². The molecular weight excluding hydrogens is 250 g/mol. The third-order valence-electron chi connectivity index (χ3n) is 3.15. The van der Waals surface area contributed by atoms with E-state index in [2.05, 4.69) is 15.0 Å². The van der Waals surface area contributed by atoms with Crippen LogP contribution in [-0.4, -0.2) is 21.3 Å². The molecular formula is C16H15N3O. The molecule has 0 atom stereocenters. The Balaban J connectivity index is 1.86. The van der Waals surface area contributed by atoms with Crippen LogP contribution in [0.3, 0.4) is 0 Å². The highest BCUT2D eigenvalue weighted by Crippen LogP contribution is 2.25. The Bertz CT molecular complexity index is 774. The van der Waals surface area contributed by atoms with Gasteiger partial charge in [-0.3, -0.25) is 9.98 Å². The number of aromatic nitrogens is 2. The number of hydrogen-bond acceptors (Lipinski definition) is 3. The zero-order valence-electron chi connectivity index (χ0n) is 11.2. The molecule has 2 N–H and O–H groups in total. The summed E-state index contributed by atoms with van der Waals surface area (Å²) in [6.45, 7) is 2.46. The lowest BCUT2D eigenvalue weighted by Crippen LogP contribution is -1.90. The van der Waals surface area contributed by atoms with Gasteiger partial charge in [0.1, 0.15) is 0 Å². The maximum atomic E-state index is 9.91. The number of nitrogens with one attached hydrogen (secondary N) is 1. The van der Waals surface area contributed by atoms with Crippen LogP contribution < -0.4 is 0 Å². The molecule has 0 radical (unpaired) electrons. The van der Waals surface area contributed by atoms with Gasteiger partial charge < -0.3 is 10.1 Å². The minimum Gasteiger partial charge on any atom is -0.494 e. The van der Waals surface area contributed by atoms with Crippen molar-refractivity contribution in [1.29, 1.82) is 0 Å². The fourth-order valence-electron chi connectivity index (χ4n) is 2.20. The van der Waals surface area contributed by atoms with Crippen LogP contribution in [0.2, 0.25) is 0 Å². The minimum absolute atomic E-state index is 0.146. The highest BCUT2D eigenvalue weighted by atomic mass is 16.3. The molecule has 0 unspecified atom stereocenters. The van der Waals surface area contributed by atoms with Gasteiger partial charge in [0.25, 0.3) is 0 Å². The number of nitrogens with zero attached hydrogens (tertiary/aromatic N) is 2. The van der Waals surface area contributed by atoms with E-state index in [-0.39, 0.29) is 5.88 Å². The molecule has 3 rings (SSSR count). The molecule has 0 aliphatic rings. The highest BCUT2D eigenvalue weighted by Gasteiger charge is 2.07. The van der Waals surface area contributed by atoms with E-state index in [1.54, 1.807) is 6.21 Å². The second-order valence-corrected chi connectivity index (χ2v) is 4.67. The van der Waals surface area contributed by atoms with Crippen LogP contribution in [-0.2, 0) is 6.54 Å². The predicted octanol–water partition coefficient (Wildman–Crippen LogP) is 3.20. The van der Waals surface area contributed by atoms with Gasteiger partial charge in [0, 0.05) is 22.8 Å². The Morgan fingerprint density at radius 2 is 2.05 bits per heavy atom.